The molecule has 2 aromatic rings. The van der Waals surface area contributed by atoms with Crippen molar-refractivity contribution in [2.75, 3.05) is 0 Å². The molecular formula is C12H12BrClN2O. The van der Waals surface area contributed by atoms with Crippen LogP contribution in [0, 0.1) is 0 Å². The van der Waals surface area contributed by atoms with E-state index >= 15 is 0 Å². The Bertz CT molecular complexity index is 592. The Morgan fingerprint density at radius 3 is 2.76 bits per heavy atom. The zero-order valence-corrected chi connectivity index (χ0v) is 11.7. The molecule has 2 N–H and O–H groups in total. The van der Waals surface area contributed by atoms with Crippen molar-refractivity contribution in [2.24, 2.45) is 5.73 Å². The van der Waals surface area contributed by atoms with E-state index in [2.05, 4.69) is 22.9 Å². The number of benzene rings is 1. The van der Waals surface area contributed by atoms with Crippen molar-refractivity contribution in [3.63, 3.8) is 0 Å². The van der Waals surface area contributed by atoms with Gasteiger partial charge in [0.2, 0.25) is 0 Å². The summed E-state index contributed by atoms with van der Waals surface area (Å²) in [5.74, 6) is -0.419. The zero-order valence-electron chi connectivity index (χ0n) is 9.34. The summed E-state index contributed by atoms with van der Waals surface area (Å²) < 4.78 is 2.80. The molecule has 1 heterocycles. The highest BCUT2D eigenvalue weighted by molar-refractivity contribution is 9.10. The Hall–Kier alpha value is -1.000. The van der Waals surface area contributed by atoms with Gasteiger partial charge in [-0.2, -0.15) is 0 Å². The van der Waals surface area contributed by atoms with E-state index in [1.807, 2.05) is 16.7 Å². The normalized spacial score (nSPS) is 11.0. The Morgan fingerprint density at radius 1 is 1.47 bits per heavy atom. The van der Waals surface area contributed by atoms with Crippen LogP contribution in [0.4, 0.5) is 0 Å². The smallest absolute Gasteiger partial charge is 0.265 e. The molecule has 0 fully saturated rings. The number of aryl methyl sites for hydroxylation is 1. The minimum Gasteiger partial charge on any atom is -0.364 e. The molecule has 1 amide bonds. The third-order valence-electron chi connectivity index (χ3n) is 2.61. The van der Waals surface area contributed by atoms with Gasteiger partial charge in [-0.3, -0.25) is 4.79 Å². The Morgan fingerprint density at radius 2 is 2.18 bits per heavy atom. The summed E-state index contributed by atoms with van der Waals surface area (Å²) in [5.41, 5.74) is 6.87. The fourth-order valence-corrected chi connectivity index (χ4v) is 3.03. The Balaban J connectivity index is 2.80. The van der Waals surface area contributed by atoms with E-state index in [4.69, 9.17) is 17.3 Å². The predicted molar refractivity (Wildman–Crippen MR) is 73.5 cm³/mol. The standard InChI is InChI=1S/C12H12BrClN2O/c1-2-3-16-10(12(15)17)5-7-4-8(14)6-9(13)11(7)16/h4-6H,2-3H2,1H3,(H2,15,17). The third kappa shape index (κ3) is 2.19. The van der Waals surface area contributed by atoms with Crippen molar-refractivity contribution in [1.82, 2.24) is 4.57 Å². The number of hydrogen-bond acceptors (Lipinski definition) is 1. The molecule has 0 bridgehead atoms. The van der Waals surface area contributed by atoms with Crippen LogP contribution in [0.25, 0.3) is 10.9 Å². The first-order valence-corrected chi connectivity index (χ1v) is 6.49. The van der Waals surface area contributed by atoms with Crippen molar-refractivity contribution in [3.05, 3.63) is 33.4 Å². The van der Waals surface area contributed by atoms with Crippen molar-refractivity contribution in [3.8, 4) is 0 Å². The lowest BCUT2D eigenvalue weighted by Gasteiger charge is -2.08. The quantitative estimate of drug-likeness (QED) is 0.925. The largest absolute Gasteiger partial charge is 0.364 e. The van der Waals surface area contributed by atoms with Gasteiger partial charge in [0.05, 0.1) is 5.52 Å². The molecule has 1 aromatic carbocycles. The first-order valence-electron chi connectivity index (χ1n) is 5.32. The second-order valence-electron chi connectivity index (χ2n) is 3.87. The summed E-state index contributed by atoms with van der Waals surface area (Å²) in [4.78, 5) is 11.4. The van der Waals surface area contributed by atoms with Gasteiger partial charge in [0.25, 0.3) is 5.91 Å². The molecular weight excluding hydrogens is 304 g/mol. The summed E-state index contributed by atoms with van der Waals surface area (Å²) in [6.07, 6.45) is 0.930. The lowest BCUT2D eigenvalue weighted by molar-refractivity contribution is 0.0992. The first-order chi connectivity index (χ1) is 8.04. The van der Waals surface area contributed by atoms with Crippen molar-refractivity contribution in [1.29, 1.82) is 0 Å². The monoisotopic (exact) mass is 314 g/mol. The predicted octanol–water partition coefficient (Wildman–Crippen LogP) is 3.57. The second-order valence-corrected chi connectivity index (χ2v) is 5.16. The van der Waals surface area contributed by atoms with Crippen LogP contribution in [0.3, 0.4) is 0 Å². The van der Waals surface area contributed by atoms with Crippen LogP contribution >= 0.6 is 27.5 Å². The van der Waals surface area contributed by atoms with Crippen LogP contribution in [0.2, 0.25) is 5.02 Å². The van der Waals surface area contributed by atoms with Crippen LogP contribution < -0.4 is 5.73 Å². The maximum atomic E-state index is 11.4. The first kappa shape index (κ1) is 12.5. The highest BCUT2D eigenvalue weighted by atomic mass is 79.9. The van der Waals surface area contributed by atoms with Gasteiger partial charge in [0.15, 0.2) is 0 Å². The number of rotatable bonds is 3. The number of primary amides is 1. The molecule has 0 aliphatic heterocycles. The molecule has 0 unspecified atom stereocenters. The topological polar surface area (TPSA) is 48.0 Å². The average Bonchev–Trinajstić information content (AvgIpc) is 2.57. The van der Waals surface area contributed by atoms with Crippen molar-refractivity contribution >= 4 is 44.3 Å². The van der Waals surface area contributed by atoms with Gasteiger partial charge in [0, 0.05) is 21.4 Å². The minimum absolute atomic E-state index is 0.419. The van der Waals surface area contributed by atoms with E-state index < -0.39 is 5.91 Å². The number of halogens is 2. The minimum atomic E-state index is -0.419. The maximum Gasteiger partial charge on any atom is 0.265 e. The summed E-state index contributed by atoms with van der Waals surface area (Å²) in [7, 11) is 0. The molecule has 0 atom stereocenters. The molecule has 5 heteroatoms. The number of carbonyl (C=O) groups is 1. The average molecular weight is 316 g/mol. The van der Waals surface area contributed by atoms with Gasteiger partial charge < -0.3 is 10.3 Å². The van der Waals surface area contributed by atoms with E-state index in [9.17, 15) is 4.79 Å². The molecule has 17 heavy (non-hydrogen) atoms. The Kier molecular flexibility index (Phi) is 3.45. The number of carbonyl (C=O) groups excluding carboxylic acids is 1. The van der Waals surface area contributed by atoms with Gasteiger partial charge in [-0.25, -0.2) is 0 Å². The maximum absolute atomic E-state index is 11.4. The number of hydrogen-bond donors (Lipinski definition) is 1. The van der Waals surface area contributed by atoms with Crippen molar-refractivity contribution < 1.29 is 4.79 Å². The molecule has 0 radical (unpaired) electrons. The van der Waals surface area contributed by atoms with E-state index in [1.54, 1.807) is 6.07 Å². The van der Waals surface area contributed by atoms with E-state index in [0.717, 1.165) is 28.3 Å². The molecule has 1 aromatic heterocycles. The van der Waals surface area contributed by atoms with Gasteiger partial charge in [-0.1, -0.05) is 18.5 Å². The molecule has 2 rings (SSSR count). The van der Waals surface area contributed by atoms with Crippen molar-refractivity contribution in [2.45, 2.75) is 19.9 Å². The summed E-state index contributed by atoms with van der Waals surface area (Å²) in [5, 5.41) is 1.56. The van der Waals surface area contributed by atoms with Gasteiger partial charge in [0.1, 0.15) is 5.69 Å². The van der Waals surface area contributed by atoms with Gasteiger partial charge >= 0.3 is 0 Å². The fourth-order valence-electron chi connectivity index (χ4n) is 1.99. The third-order valence-corrected chi connectivity index (χ3v) is 3.43. The lowest BCUT2D eigenvalue weighted by Crippen LogP contribution is -2.16. The van der Waals surface area contributed by atoms with Crippen LogP contribution in [-0.2, 0) is 6.54 Å². The highest BCUT2D eigenvalue weighted by Crippen LogP contribution is 2.31. The van der Waals surface area contributed by atoms with Crippen LogP contribution in [-0.4, -0.2) is 10.5 Å². The van der Waals surface area contributed by atoms with Crippen LogP contribution in [0.15, 0.2) is 22.7 Å². The molecule has 0 saturated heterocycles. The van der Waals surface area contributed by atoms with E-state index in [0.29, 0.717) is 10.7 Å². The fraction of sp³-hybridized carbons (Fsp3) is 0.250. The van der Waals surface area contributed by atoms with E-state index in [-0.39, 0.29) is 0 Å². The van der Waals surface area contributed by atoms with Crippen LogP contribution in [0.5, 0.6) is 0 Å². The number of aromatic nitrogens is 1. The zero-order chi connectivity index (χ0) is 12.6. The van der Waals surface area contributed by atoms with Gasteiger partial charge in [-0.05, 0) is 40.5 Å². The second kappa shape index (κ2) is 4.70. The molecule has 0 spiro atoms. The van der Waals surface area contributed by atoms with Crippen LogP contribution in [0.1, 0.15) is 23.8 Å². The number of nitrogens with two attached hydrogens (primary N) is 1. The molecule has 0 saturated carbocycles. The molecule has 0 aliphatic rings. The number of fused-ring (bicyclic) bond motifs is 1. The molecule has 0 aliphatic carbocycles. The van der Waals surface area contributed by atoms with Gasteiger partial charge in [-0.15, -0.1) is 0 Å². The summed E-state index contributed by atoms with van der Waals surface area (Å²) in [6, 6.07) is 5.44. The number of nitrogens with zero attached hydrogens (tertiary/aromatic N) is 1. The SMILES string of the molecule is CCCn1c(C(N)=O)cc2cc(Cl)cc(Br)c21. The Labute approximate surface area is 113 Å². The molecule has 90 valence electrons. The lowest BCUT2D eigenvalue weighted by atomic mass is 10.2. The van der Waals surface area contributed by atoms with E-state index in [1.165, 1.54) is 0 Å². The highest BCUT2D eigenvalue weighted by Gasteiger charge is 2.15. The summed E-state index contributed by atoms with van der Waals surface area (Å²) >= 11 is 9.46. The summed E-state index contributed by atoms with van der Waals surface area (Å²) in [6.45, 7) is 2.81. The number of amides is 1. The molecule has 3 nitrogen and oxygen atoms in total.